The zero-order valence-electron chi connectivity index (χ0n) is 19.2. The number of ether oxygens (including phenoxy) is 3. The molecule has 1 aromatic heterocycles. The van der Waals surface area contributed by atoms with Crippen LogP contribution in [0, 0.1) is 11.7 Å². The monoisotopic (exact) mass is 463 g/mol. The molecule has 2 aliphatic heterocycles. The molecule has 1 atom stereocenters. The molecular formula is C27H30FN3O3. The van der Waals surface area contributed by atoms with Crippen LogP contribution in [0.25, 0.3) is 0 Å². The van der Waals surface area contributed by atoms with Crippen molar-refractivity contribution < 1.29 is 18.6 Å². The number of nitrogens with one attached hydrogen (secondary N) is 1. The highest BCUT2D eigenvalue weighted by atomic mass is 19.1. The number of rotatable bonds is 9. The second-order valence-electron chi connectivity index (χ2n) is 8.77. The fraction of sp³-hybridized carbons (Fsp3) is 0.370. The van der Waals surface area contributed by atoms with Crippen LogP contribution in [0.1, 0.15) is 30.1 Å². The summed E-state index contributed by atoms with van der Waals surface area (Å²) in [5.41, 5.74) is 2.11. The summed E-state index contributed by atoms with van der Waals surface area (Å²) < 4.78 is 30.4. The van der Waals surface area contributed by atoms with Gasteiger partial charge in [0.25, 0.3) is 0 Å². The number of likely N-dealkylation sites (tertiary alicyclic amines) is 1. The highest BCUT2D eigenvalue weighted by molar-refractivity contribution is 5.46. The molecule has 0 aliphatic carbocycles. The van der Waals surface area contributed by atoms with Gasteiger partial charge in [0.2, 0.25) is 6.79 Å². The predicted octanol–water partition coefficient (Wildman–Crippen LogP) is 4.42. The molecule has 1 N–H and O–H groups in total. The Bertz CT molecular complexity index is 1070. The van der Waals surface area contributed by atoms with E-state index in [4.69, 9.17) is 14.2 Å². The molecule has 1 fully saturated rings. The summed E-state index contributed by atoms with van der Waals surface area (Å²) in [7, 11) is 0. The van der Waals surface area contributed by atoms with Crippen LogP contribution in [0.4, 0.5) is 4.39 Å². The quantitative estimate of drug-likeness (QED) is 0.507. The fourth-order valence-corrected chi connectivity index (χ4v) is 4.58. The summed E-state index contributed by atoms with van der Waals surface area (Å²) in [6.45, 7) is 4.52. The largest absolute Gasteiger partial charge is 0.489 e. The average molecular weight is 464 g/mol. The molecule has 0 spiro atoms. The molecule has 6 nitrogen and oxygen atoms in total. The van der Waals surface area contributed by atoms with Gasteiger partial charge in [0.05, 0.1) is 11.7 Å². The van der Waals surface area contributed by atoms with Crippen molar-refractivity contribution in [2.45, 2.75) is 18.9 Å². The third-order valence-corrected chi connectivity index (χ3v) is 6.53. The van der Waals surface area contributed by atoms with Crippen molar-refractivity contribution in [2.24, 2.45) is 5.92 Å². The predicted molar refractivity (Wildman–Crippen MR) is 128 cm³/mol. The second-order valence-corrected chi connectivity index (χ2v) is 8.77. The van der Waals surface area contributed by atoms with E-state index >= 15 is 0 Å². The van der Waals surface area contributed by atoms with Crippen molar-refractivity contribution in [3.05, 3.63) is 83.9 Å². The van der Waals surface area contributed by atoms with Gasteiger partial charge in [-0.2, -0.15) is 0 Å². The average Bonchev–Trinajstić information content (AvgIpc) is 3.35. The summed E-state index contributed by atoms with van der Waals surface area (Å²) >= 11 is 0. The molecule has 34 heavy (non-hydrogen) atoms. The summed E-state index contributed by atoms with van der Waals surface area (Å²) in [5.74, 6) is 2.17. The van der Waals surface area contributed by atoms with Crippen LogP contribution in [0.5, 0.6) is 17.2 Å². The molecule has 3 aromatic rings. The number of para-hydroxylation sites is 1. The van der Waals surface area contributed by atoms with E-state index in [1.807, 2.05) is 30.5 Å². The van der Waals surface area contributed by atoms with Crippen LogP contribution >= 0.6 is 0 Å². The normalized spacial score (nSPS) is 17.0. The van der Waals surface area contributed by atoms with Crippen molar-refractivity contribution >= 4 is 0 Å². The number of halogens is 1. The molecule has 0 unspecified atom stereocenters. The minimum Gasteiger partial charge on any atom is -0.489 e. The summed E-state index contributed by atoms with van der Waals surface area (Å²) in [4.78, 5) is 7.00. The highest BCUT2D eigenvalue weighted by Crippen LogP contribution is 2.35. The number of piperidine rings is 1. The lowest BCUT2D eigenvalue weighted by molar-refractivity contribution is 0.151. The molecule has 0 saturated carbocycles. The first-order valence-electron chi connectivity index (χ1n) is 11.9. The van der Waals surface area contributed by atoms with Crippen LogP contribution in [0.3, 0.4) is 0 Å². The minimum atomic E-state index is -0.308. The Hall–Kier alpha value is -3.16. The zero-order chi connectivity index (χ0) is 23.2. The van der Waals surface area contributed by atoms with Gasteiger partial charge >= 0.3 is 0 Å². The highest BCUT2D eigenvalue weighted by Gasteiger charge is 2.23. The van der Waals surface area contributed by atoms with E-state index in [-0.39, 0.29) is 18.7 Å². The van der Waals surface area contributed by atoms with Crippen molar-refractivity contribution in [2.75, 3.05) is 39.6 Å². The van der Waals surface area contributed by atoms with E-state index in [0.717, 1.165) is 61.8 Å². The van der Waals surface area contributed by atoms with Gasteiger partial charge in [-0.25, -0.2) is 4.39 Å². The molecule has 0 amide bonds. The first-order valence-corrected chi connectivity index (χ1v) is 11.9. The third-order valence-electron chi connectivity index (χ3n) is 6.53. The van der Waals surface area contributed by atoms with Crippen molar-refractivity contribution in [3.8, 4) is 17.2 Å². The van der Waals surface area contributed by atoms with E-state index in [1.54, 1.807) is 18.2 Å². The Morgan fingerprint density at radius 2 is 1.85 bits per heavy atom. The summed E-state index contributed by atoms with van der Waals surface area (Å²) in [6.07, 6.45) is 4.06. The van der Waals surface area contributed by atoms with Crippen LogP contribution in [0.15, 0.2) is 66.9 Å². The van der Waals surface area contributed by atoms with Gasteiger partial charge in [0.1, 0.15) is 6.61 Å². The number of benzene rings is 2. The van der Waals surface area contributed by atoms with Crippen LogP contribution in [-0.2, 0) is 0 Å². The number of hydrogen-bond acceptors (Lipinski definition) is 6. The molecule has 0 bridgehead atoms. The maximum atomic E-state index is 13.7. The van der Waals surface area contributed by atoms with E-state index in [9.17, 15) is 4.39 Å². The SMILES string of the molecule is Fc1ccccc1OCCN1CCC(CN[C@@H](c2ccc3c(c2)OCO3)c2ccccn2)CC1. The molecule has 2 aromatic carbocycles. The first kappa shape index (κ1) is 22.6. The Balaban J connectivity index is 1.13. The number of hydrogen-bond donors (Lipinski definition) is 1. The number of pyridine rings is 1. The number of fused-ring (bicyclic) bond motifs is 1. The maximum absolute atomic E-state index is 13.7. The molecule has 0 radical (unpaired) electrons. The summed E-state index contributed by atoms with van der Waals surface area (Å²) in [6, 6.07) is 18.7. The lowest BCUT2D eigenvalue weighted by Gasteiger charge is -2.33. The number of aromatic nitrogens is 1. The van der Waals surface area contributed by atoms with E-state index in [2.05, 4.69) is 27.3 Å². The van der Waals surface area contributed by atoms with Crippen molar-refractivity contribution in [1.29, 1.82) is 0 Å². The van der Waals surface area contributed by atoms with Gasteiger partial charge in [0, 0.05) is 12.7 Å². The van der Waals surface area contributed by atoms with Gasteiger partial charge in [-0.1, -0.05) is 24.3 Å². The van der Waals surface area contributed by atoms with Gasteiger partial charge in [-0.15, -0.1) is 0 Å². The smallest absolute Gasteiger partial charge is 0.231 e. The Kier molecular flexibility index (Phi) is 7.22. The van der Waals surface area contributed by atoms with E-state index in [0.29, 0.717) is 18.3 Å². The summed E-state index contributed by atoms with van der Waals surface area (Å²) in [5, 5.41) is 3.76. The van der Waals surface area contributed by atoms with Gasteiger partial charge in [0.15, 0.2) is 23.1 Å². The molecule has 2 aliphatic rings. The van der Waals surface area contributed by atoms with Crippen molar-refractivity contribution in [3.63, 3.8) is 0 Å². The molecular weight excluding hydrogens is 433 g/mol. The van der Waals surface area contributed by atoms with Crippen LogP contribution in [0.2, 0.25) is 0 Å². The van der Waals surface area contributed by atoms with E-state index < -0.39 is 0 Å². The maximum Gasteiger partial charge on any atom is 0.231 e. The van der Waals surface area contributed by atoms with Gasteiger partial charge in [-0.3, -0.25) is 9.88 Å². The zero-order valence-corrected chi connectivity index (χ0v) is 19.2. The Labute approximate surface area is 199 Å². The Morgan fingerprint density at radius 1 is 1.03 bits per heavy atom. The Morgan fingerprint density at radius 3 is 2.68 bits per heavy atom. The van der Waals surface area contributed by atoms with Crippen LogP contribution < -0.4 is 19.5 Å². The van der Waals surface area contributed by atoms with Crippen molar-refractivity contribution in [1.82, 2.24) is 15.2 Å². The lowest BCUT2D eigenvalue weighted by atomic mass is 9.95. The molecule has 3 heterocycles. The lowest BCUT2D eigenvalue weighted by Crippen LogP contribution is -2.40. The molecule has 5 rings (SSSR count). The molecule has 7 heteroatoms. The standard InChI is InChI=1S/C27H30FN3O3/c28-22-5-1-2-7-24(22)32-16-15-31-13-10-20(11-14-31)18-30-27(23-6-3-4-12-29-23)21-8-9-25-26(17-21)34-19-33-25/h1-9,12,17,20,27,30H,10-11,13-16,18-19H2/t27-/m0/s1. The minimum absolute atomic E-state index is 0.0112. The van der Waals surface area contributed by atoms with Gasteiger partial charge < -0.3 is 19.5 Å². The van der Waals surface area contributed by atoms with Crippen LogP contribution in [-0.4, -0.2) is 49.5 Å². The second kappa shape index (κ2) is 10.8. The first-order chi connectivity index (χ1) is 16.8. The molecule has 178 valence electrons. The van der Waals surface area contributed by atoms with Gasteiger partial charge in [-0.05, 0) is 80.4 Å². The van der Waals surface area contributed by atoms with E-state index in [1.165, 1.54) is 6.07 Å². The fourth-order valence-electron chi connectivity index (χ4n) is 4.58. The molecule has 1 saturated heterocycles. The topological polar surface area (TPSA) is 55.9 Å². The number of nitrogens with zero attached hydrogens (tertiary/aromatic N) is 2. The third kappa shape index (κ3) is 5.48.